The molecule has 0 radical (unpaired) electrons. The second-order valence-corrected chi connectivity index (χ2v) is 4.19. The van der Waals surface area contributed by atoms with Crippen LogP contribution in [-0.2, 0) is 0 Å². The highest BCUT2D eigenvalue weighted by atomic mass is 16.2. The van der Waals surface area contributed by atoms with Gasteiger partial charge >= 0.3 is 6.03 Å². The lowest BCUT2D eigenvalue weighted by Crippen LogP contribution is -2.49. The Kier molecular flexibility index (Phi) is 1.95. The van der Waals surface area contributed by atoms with Crippen LogP contribution in [0.4, 0.5) is 4.79 Å². The van der Waals surface area contributed by atoms with Gasteiger partial charge in [-0.2, -0.15) is 0 Å². The van der Waals surface area contributed by atoms with Crippen molar-refractivity contribution in [1.29, 1.82) is 0 Å². The average Bonchev–Trinajstić information content (AvgIpc) is 2.32. The maximum Gasteiger partial charge on any atom is 0.320 e. The van der Waals surface area contributed by atoms with Gasteiger partial charge in [0.05, 0.1) is 12.1 Å². The fourth-order valence-electron chi connectivity index (χ4n) is 2.44. The lowest BCUT2D eigenvalue weighted by atomic mass is 10.0. The van der Waals surface area contributed by atoms with Gasteiger partial charge in [0, 0.05) is 20.6 Å². The average molecular weight is 183 g/mol. The minimum atomic E-state index is 0.172. The molecule has 2 fully saturated rings. The molecule has 2 atom stereocenters. The topological polar surface area (TPSA) is 26.8 Å². The molecule has 0 unspecified atom stereocenters. The molecule has 74 valence electrons. The zero-order valence-corrected chi connectivity index (χ0v) is 8.53. The van der Waals surface area contributed by atoms with E-state index in [2.05, 4.69) is 11.9 Å². The number of hydrogen-bond acceptors (Lipinski definition) is 2. The minimum absolute atomic E-state index is 0.172. The molecule has 2 aliphatic rings. The predicted molar refractivity (Wildman–Crippen MR) is 50.6 cm³/mol. The summed E-state index contributed by atoms with van der Waals surface area (Å²) in [5.41, 5.74) is 0. The highest BCUT2D eigenvalue weighted by Gasteiger charge is 2.43. The second-order valence-electron chi connectivity index (χ2n) is 4.19. The number of likely N-dealkylation sites (tertiary alicyclic amines) is 1. The SMILES string of the molecule is CN1CC[C@H]2[C@@H](C1)N(C)C(=O)N2C. The van der Waals surface area contributed by atoms with Crippen LogP contribution in [-0.4, -0.2) is 67.0 Å². The van der Waals surface area contributed by atoms with E-state index in [1.807, 2.05) is 23.9 Å². The molecule has 0 saturated carbocycles. The lowest BCUT2D eigenvalue weighted by Gasteiger charge is -2.35. The van der Waals surface area contributed by atoms with Crippen LogP contribution >= 0.6 is 0 Å². The van der Waals surface area contributed by atoms with Gasteiger partial charge in [0.15, 0.2) is 0 Å². The second kappa shape index (κ2) is 2.87. The Labute approximate surface area is 79.1 Å². The number of carbonyl (C=O) groups excluding carboxylic acids is 1. The Morgan fingerprint density at radius 2 is 1.77 bits per heavy atom. The van der Waals surface area contributed by atoms with Crippen molar-refractivity contribution in [3.63, 3.8) is 0 Å². The van der Waals surface area contributed by atoms with E-state index in [1.165, 1.54) is 0 Å². The molecule has 2 heterocycles. The molecule has 2 saturated heterocycles. The van der Waals surface area contributed by atoms with E-state index in [1.54, 1.807) is 0 Å². The van der Waals surface area contributed by atoms with Gasteiger partial charge in [0.2, 0.25) is 0 Å². The summed E-state index contributed by atoms with van der Waals surface area (Å²) in [6.07, 6.45) is 1.10. The number of urea groups is 1. The van der Waals surface area contributed by atoms with Crippen LogP contribution in [0.25, 0.3) is 0 Å². The van der Waals surface area contributed by atoms with Gasteiger partial charge in [-0.15, -0.1) is 0 Å². The summed E-state index contributed by atoms with van der Waals surface area (Å²) in [5.74, 6) is 0. The molecule has 0 aromatic heterocycles. The van der Waals surface area contributed by atoms with Crippen LogP contribution in [0.3, 0.4) is 0 Å². The Balaban J connectivity index is 2.17. The molecule has 0 aromatic carbocycles. The molecule has 0 aliphatic carbocycles. The first kappa shape index (κ1) is 8.81. The molecule has 0 bridgehead atoms. The fourth-order valence-corrected chi connectivity index (χ4v) is 2.44. The number of fused-ring (bicyclic) bond motifs is 1. The quantitative estimate of drug-likeness (QED) is 0.531. The summed E-state index contributed by atoms with van der Waals surface area (Å²) in [6, 6.07) is 1.01. The van der Waals surface area contributed by atoms with E-state index in [4.69, 9.17) is 0 Å². The number of rotatable bonds is 0. The first-order valence-corrected chi connectivity index (χ1v) is 4.79. The maximum atomic E-state index is 11.6. The smallest absolute Gasteiger partial charge is 0.320 e. The minimum Gasteiger partial charge on any atom is -0.323 e. The summed E-state index contributed by atoms with van der Waals surface area (Å²) >= 11 is 0. The summed E-state index contributed by atoms with van der Waals surface area (Å²) in [7, 11) is 5.93. The summed E-state index contributed by atoms with van der Waals surface area (Å²) in [6.45, 7) is 2.11. The van der Waals surface area contributed by atoms with E-state index in [0.717, 1.165) is 19.5 Å². The number of hydrogen-bond donors (Lipinski definition) is 0. The van der Waals surface area contributed by atoms with Gasteiger partial charge in [-0.3, -0.25) is 0 Å². The predicted octanol–water partition coefficient (Wildman–Crippen LogP) is 0.0563. The van der Waals surface area contributed by atoms with E-state index in [0.29, 0.717) is 12.1 Å². The third kappa shape index (κ3) is 1.20. The van der Waals surface area contributed by atoms with Crippen molar-refractivity contribution in [2.24, 2.45) is 0 Å². The number of piperidine rings is 1. The molecular formula is C9H17N3O. The normalized spacial score (nSPS) is 35.5. The van der Waals surface area contributed by atoms with Gasteiger partial charge in [0.25, 0.3) is 0 Å². The third-order valence-electron chi connectivity index (χ3n) is 3.35. The van der Waals surface area contributed by atoms with Gasteiger partial charge in [-0.1, -0.05) is 0 Å². The van der Waals surface area contributed by atoms with Crippen LogP contribution in [0.5, 0.6) is 0 Å². The number of amides is 2. The van der Waals surface area contributed by atoms with E-state index >= 15 is 0 Å². The van der Waals surface area contributed by atoms with Crippen LogP contribution in [0.1, 0.15) is 6.42 Å². The van der Waals surface area contributed by atoms with Crippen LogP contribution in [0.15, 0.2) is 0 Å². The Morgan fingerprint density at radius 1 is 1.15 bits per heavy atom. The van der Waals surface area contributed by atoms with Gasteiger partial charge in [-0.05, 0) is 20.0 Å². The van der Waals surface area contributed by atoms with Crippen LogP contribution < -0.4 is 0 Å². The molecule has 0 N–H and O–H groups in total. The van der Waals surface area contributed by atoms with Crippen molar-refractivity contribution >= 4 is 6.03 Å². The standard InChI is InChI=1S/C9H17N3O/c1-10-5-4-7-8(6-10)12(3)9(13)11(7)2/h7-8H,4-6H2,1-3H3/t7-,8+/m0/s1. The Morgan fingerprint density at radius 3 is 2.46 bits per heavy atom. The third-order valence-corrected chi connectivity index (χ3v) is 3.35. The Hall–Kier alpha value is -0.770. The first-order chi connectivity index (χ1) is 6.11. The van der Waals surface area contributed by atoms with Crippen molar-refractivity contribution in [3.05, 3.63) is 0 Å². The summed E-state index contributed by atoms with van der Waals surface area (Å²) < 4.78 is 0. The maximum absolute atomic E-state index is 11.6. The van der Waals surface area contributed by atoms with Gasteiger partial charge in [0.1, 0.15) is 0 Å². The number of nitrogens with zero attached hydrogens (tertiary/aromatic N) is 3. The summed E-state index contributed by atoms with van der Waals surface area (Å²) in [5, 5.41) is 0. The monoisotopic (exact) mass is 183 g/mol. The number of carbonyl (C=O) groups is 1. The van der Waals surface area contributed by atoms with Crippen LogP contribution in [0, 0.1) is 0 Å². The molecular weight excluding hydrogens is 166 g/mol. The molecule has 4 heteroatoms. The zero-order valence-electron chi connectivity index (χ0n) is 8.53. The molecule has 2 aliphatic heterocycles. The summed E-state index contributed by atoms with van der Waals surface area (Å²) in [4.78, 5) is 17.7. The van der Waals surface area contributed by atoms with Gasteiger partial charge < -0.3 is 14.7 Å². The zero-order chi connectivity index (χ0) is 9.59. The van der Waals surface area contributed by atoms with E-state index < -0.39 is 0 Å². The largest absolute Gasteiger partial charge is 0.323 e. The number of likely N-dealkylation sites (N-methyl/N-ethyl adjacent to an activating group) is 3. The van der Waals surface area contributed by atoms with Crippen molar-refractivity contribution in [2.75, 3.05) is 34.2 Å². The van der Waals surface area contributed by atoms with E-state index in [-0.39, 0.29) is 6.03 Å². The highest BCUT2D eigenvalue weighted by molar-refractivity contribution is 5.77. The molecule has 2 rings (SSSR count). The lowest BCUT2D eigenvalue weighted by molar-refractivity contribution is 0.152. The molecule has 4 nitrogen and oxygen atoms in total. The Bertz CT molecular complexity index is 231. The molecule has 13 heavy (non-hydrogen) atoms. The highest BCUT2D eigenvalue weighted by Crippen LogP contribution is 2.26. The van der Waals surface area contributed by atoms with Crippen molar-refractivity contribution in [3.8, 4) is 0 Å². The van der Waals surface area contributed by atoms with Crippen LogP contribution in [0.2, 0.25) is 0 Å². The molecule has 0 spiro atoms. The molecule has 2 amide bonds. The fraction of sp³-hybridized carbons (Fsp3) is 0.889. The van der Waals surface area contributed by atoms with Crippen molar-refractivity contribution in [1.82, 2.24) is 14.7 Å². The van der Waals surface area contributed by atoms with Gasteiger partial charge in [-0.25, -0.2) is 4.79 Å². The van der Waals surface area contributed by atoms with Crippen molar-refractivity contribution in [2.45, 2.75) is 18.5 Å². The van der Waals surface area contributed by atoms with Crippen molar-refractivity contribution < 1.29 is 4.79 Å². The molecule has 0 aromatic rings. The van der Waals surface area contributed by atoms with E-state index in [9.17, 15) is 4.79 Å². The first-order valence-electron chi connectivity index (χ1n) is 4.79.